The summed E-state index contributed by atoms with van der Waals surface area (Å²) in [6, 6.07) is 0.0936. The summed E-state index contributed by atoms with van der Waals surface area (Å²) >= 11 is 3.58. The highest BCUT2D eigenvalue weighted by Gasteiger charge is 2.23. The van der Waals surface area contributed by atoms with Gasteiger partial charge in [-0.1, -0.05) is 6.92 Å². The molecular weight excluding hydrogens is 298 g/mol. The van der Waals surface area contributed by atoms with E-state index in [0.29, 0.717) is 0 Å². The molecule has 1 atom stereocenters. The lowest BCUT2D eigenvalue weighted by Crippen LogP contribution is -2.44. The average molecular weight is 320 g/mol. The van der Waals surface area contributed by atoms with Crippen LogP contribution >= 0.6 is 15.9 Å². The molecule has 5 nitrogen and oxygen atoms in total. The molecule has 1 aromatic heterocycles. The van der Waals surface area contributed by atoms with E-state index in [4.69, 9.17) is 9.47 Å². The predicted octanol–water partition coefficient (Wildman–Crippen LogP) is 1.63. The Morgan fingerprint density at radius 3 is 2.39 bits per heavy atom. The monoisotopic (exact) mass is 319 g/mol. The molecule has 1 unspecified atom stereocenters. The fourth-order valence-corrected chi connectivity index (χ4v) is 2.56. The van der Waals surface area contributed by atoms with Crippen molar-refractivity contribution in [1.82, 2.24) is 15.1 Å². The number of aromatic nitrogens is 2. The van der Waals surface area contributed by atoms with Crippen LogP contribution in [0, 0.1) is 6.92 Å². The fourth-order valence-electron chi connectivity index (χ4n) is 2.06. The zero-order valence-electron chi connectivity index (χ0n) is 11.7. The standard InChI is InChI=1S/C12H22BrN3O2/c1-6-14-9(12(17-4)18-5)7-10-11(13)8(2)15-16(10)3/h9,12,14H,6-7H2,1-5H3. The highest BCUT2D eigenvalue weighted by molar-refractivity contribution is 9.10. The third-order valence-electron chi connectivity index (χ3n) is 2.93. The molecule has 0 aliphatic rings. The Bertz CT molecular complexity index is 378. The first-order valence-corrected chi connectivity index (χ1v) is 6.81. The van der Waals surface area contributed by atoms with E-state index in [0.717, 1.165) is 28.8 Å². The Labute approximate surface area is 117 Å². The van der Waals surface area contributed by atoms with Crippen LogP contribution in [0.3, 0.4) is 0 Å². The van der Waals surface area contributed by atoms with E-state index >= 15 is 0 Å². The van der Waals surface area contributed by atoms with Crippen LogP contribution in [0.15, 0.2) is 4.47 Å². The molecule has 0 fully saturated rings. The van der Waals surface area contributed by atoms with Crippen molar-refractivity contribution in [1.29, 1.82) is 0 Å². The zero-order chi connectivity index (χ0) is 13.7. The molecule has 1 rings (SSSR count). The van der Waals surface area contributed by atoms with Gasteiger partial charge >= 0.3 is 0 Å². The number of nitrogens with one attached hydrogen (secondary N) is 1. The number of hydrogen-bond donors (Lipinski definition) is 1. The Balaban J connectivity index is 2.88. The van der Waals surface area contributed by atoms with Crippen LogP contribution < -0.4 is 5.32 Å². The molecule has 0 radical (unpaired) electrons. The number of aryl methyl sites for hydroxylation is 2. The number of halogens is 1. The Morgan fingerprint density at radius 1 is 1.39 bits per heavy atom. The molecule has 0 aliphatic carbocycles. The summed E-state index contributed by atoms with van der Waals surface area (Å²) in [7, 11) is 5.26. The van der Waals surface area contributed by atoms with E-state index < -0.39 is 0 Å². The molecule has 1 aromatic rings. The molecule has 104 valence electrons. The van der Waals surface area contributed by atoms with Gasteiger partial charge in [0, 0.05) is 27.7 Å². The van der Waals surface area contributed by atoms with Crippen molar-refractivity contribution < 1.29 is 9.47 Å². The van der Waals surface area contributed by atoms with Crippen LogP contribution in [0.5, 0.6) is 0 Å². The minimum absolute atomic E-state index is 0.0936. The summed E-state index contributed by atoms with van der Waals surface area (Å²) in [5.41, 5.74) is 2.13. The van der Waals surface area contributed by atoms with Gasteiger partial charge in [-0.25, -0.2) is 0 Å². The highest BCUT2D eigenvalue weighted by atomic mass is 79.9. The number of ether oxygens (including phenoxy) is 2. The van der Waals surface area contributed by atoms with Crippen LogP contribution in [0.4, 0.5) is 0 Å². The topological polar surface area (TPSA) is 48.3 Å². The van der Waals surface area contributed by atoms with Crippen molar-refractivity contribution in [2.45, 2.75) is 32.6 Å². The maximum absolute atomic E-state index is 5.34. The van der Waals surface area contributed by atoms with E-state index in [-0.39, 0.29) is 12.3 Å². The van der Waals surface area contributed by atoms with Crippen LogP contribution in [0.2, 0.25) is 0 Å². The van der Waals surface area contributed by atoms with Crippen molar-refractivity contribution in [3.8, 4) is 0 Å². The molecule has 1 N–H and O–H groups in total. The number of hydrogen-bond acceptors (Lipinski definition) is 4. The predicted molar refractivity (Wildman–Crippen MR) is 74.6 cm³/mol. The largest absolute Gasteiger partial charge is 0.354 e. The Morgan fingerprint density at radius 2 is 2.00 bits per heavy atom. The minimum atomic E-state index is -0.271. The summed E-state index contributed by atoms with van der Waals surface area (Å²) in [6.07, 6.45) is 0.519. The number of methoxy groups -OCH3 is 2. The summed E-state index contributed by atoms with van der Waals surface area (Å²) < 4.78 is 13.6. The molecule has 0 bridgehead atoms. The number of likely N-dealkylation sites (N-methyl/N-ethyl adjacent to an activating group) is 1. The van der Waals surface area contributed by atoms with Crippen molar-refractivity contribution in [3.05, 3.63) is 15.9 Å². The summed E-state index contributed by atoms with van der Waals surface area (Å²) in [6.45, 7) is 4.92. The van der Waals surface area contributed by atoms with Crippen LogP contribution in [0.25, 0.3) is 0 Å². The van der Waals surface area contributed by atoms with Crippen molar-refractivity contribution in [2.75, 3.05) is 20.8 Å². The second-order valence-corrected chi connectivity index (χ2v) is 4.97. The van der Waals surface area contributed by atoms with Gasteiger partial charge in [-0.05, 0) is 29.4 Å². The van der Waals surface area contributed by atoms with E-state index in [1.54, 1.807) is 14.2 Å². The van der Waals surface area contributed by atoms with Gasteiger partial charge in [0.15, 0.2) is 6.29 Å². The molecule has 0 amide bonds. The maximum Gasteiger partial charge on any atom is 0.172 e. The van der Waals surface area contributed by atoms with Crippen LogP contribution in [-0.2, 0) is 22.9 Å². The van der Waals surface area contributed by atoms with E-state index in [9.17, 15) is 0 Å². The van der Waals surface area contributed by atoms with Gasteiger partial charge in [-0.3, -0.25) is 4.68 Å². The molecule has 0 aliphatic heterocycles. The van der Waals surface area contributed by atoms with Gasteiger partial charge in [0.25, 0.3) is 0 Å². The minimum Gasteiger partial charge on any atom is -0.354 e. The van der Waals surface area contributed by atoms with Gasteiger partial charge < -0.3 is 14.8 Å². The molecule has 0 spiro atoms. The van der Waals surface area contributed by atoms with Crippen LogP contribution in [-0.4, -0.2) is 42.9 Å². The first kappa shape index (κ1) is 15.6. The van der Waals surface area contributed by atoms with Gasteiger partial charge in [0.2, 0.25) is 0 Å². The van der Waals surface area contributed by atoms with Gasteiger partial charge in [0.1, 0.15) is 0 Å². The summed E-state index contributed by atoms with van der Waals surface area (Å²) in [4.78, 5) is 0. The average Bonchev–Trinajstić information content (AvgIpc) is 2.57. The number of rotatable bonds is 7. The first-order valence-electron chi connectivity index (χ1n) is 6.02. The lowest BCUT2D eigenvalue weighted by atomic mass is 10.1. The highest BCUT2D eigenvalue weighted by Crippen LogP contribution is 2.22. The molecule has 1 heterocycles. The van der Waals surface area contributed by atoms with Crippen LogP contribution in [0.1, 0.15) is 18.3 Å². The molecule has 0 aromatic carbocycles. The molecule has 0 saturated carbocycles. The molecule has 0 saturated heterocycles. The summed E-state index contributed by atoms with van der Waals surface area (Å²) in [5.74, 6) is 0. The zero-order valence-corrected chi connectivity index (χ0v) is 13.2. The van der Waals surface area contributed by atoms with Gasteiger partial charge in [-0.2, -0.15) is 5.10 Å². The number of nitrogens with zero attached hydrogens (tertiary/aromatic N) is 2. The Hall–Kier alpha value is -0.430. The quantitative estimate of drug-likeness (QED) is 0.776. The van der Waals surface area contributed by atoms with Crippen molar-refractivity contribution in [3.63, 3.8) is 0 Å². The third kappa shape index (κ3) is 3.54. The van der Waals surface area contributed by atoms with E-state index in [1.165, 1.54) is 0 Å². The van der Waals surface area contributed by atoms with E-state index in [2.05, 4.69) is 33.3 Å². The second kappa shape index (κ2) is 7.23. The maximum atomic E-state index is 5.34. The SMILES string of the molecule is CCNC(Cc1c(Br)c(C)nn1C)C(OC)OC. The normalized spacial score (nSPS) is 13.3. The van der Waals surface area contributed by atoms with Crippen molar-refractivity contribution >= 4 is 15.9 Å². The molecule has 6 heteroatoms. The molecular formula is C12H22BrN3O2. The fraction of sp³-hybridized carbons (Fsp3) is 0.750. The van der Waals surface area contributed by atoms with Gasteiger partial charge in [0.05, 0.1) is 21.9 Å². The van der Waals surface area contributed by atoms with E-state index in [1.807, 2.05) is 18.7 Å². The first-order chi connectivity index (χ1) is 8.54. The van der Waals surface area contributed by atoms with Gasteiger partial charge in [-0.15, -0.1) is 0 Å². The summed E-state index contributed by atoms with van der Waals surface area (Å²) in [5, 5.41) is 7.78. The second-order valence-electron chi connectivity index (χ2n) is 4.18. The van der Waals surface area contributed by atoms with Crippen molar-refractivity contribution in [2.24, 2.45) is 7.05 Å². The Kier molecular flexibility index (Phi) is 6.28. The third-order valence-corrected chi connectivity index (χ3v) is 3.97. The lowest BCUT2D eigenvalue weighted by Gasteiger charge is -2.25. The lowest BCUT2D eigenvalue weighted by molar-refractivity contribution is -0.122. The molecule has 18 heavy (non-hydrogen) atoms. The smallest absolute Gasteiger partial charge is 0.172 e.